The summed E-state index contributed by atoms with van der Waals surface area (Å²) in [5, 5.41) is 5.96. The van der Waals surface area contributed by atoms with Crippen LogP contribution in [-0.4, -0.2) is 37.5 Å². The second kappa shape index (κ2) is 9.12. The Morgan fingerprint density at radius 3 is 2.50 bits per heavy atom. The second-order valence-corrected chi connectivity index (χ2v) is 7.60. The van der Waals surface area contributed by atoms with Gasteiger partial charge in [0.05, 0.1) is 13.1 Å². The monoisotopic (exact) mass is 362 g/mol. The van der Waals surface area contributed by atoms with E-state index in [-0.39, 0.29) is 29.6 Å². The van der Waals surface area contributed by atoms with Gasteiger partial charge >= 0.3 is 0 Å². The smallest absolute Gasteiger partial charge is 0.279 e. The first kappa shape index (κ1) is 18.8. The number of halogens is 1. The average Bonchev–Trinajstić information content (AvgIpc) is 2.64. The predicted molar refractivity (Wildman–Crippen MR) is 98.3 cm³/mol. The number of amides is 2. The van der Waals surface area contributed by atoms with Gasteiger partial charge in [0, 0.05) is 30.5 Å². The van der Waals surface area contributed by atoms with Gasteiger partial charge in [-0.05, 0) is 31.0 Å². The van der Waals surface area contributed by atoms with Crippen LogP contribution in [0.15, 0.2) is 24.3 Å². The van der Waals surface area contributed by atoms with Gasteiger partial charge in [0.25, 0.3) is 5.91 Å². The van der Waals surface area contributed by atoms with Crippen molar-refractivity contribution in [3.05, 3.63) is 30.1 Å². The van der Waals surface area contributed by atoms with E-state index in [0.29, 0.717) is 12.2 Å². The van der Waals surface area contributed by atoms with Crippen molar-refractivity contribution in [1.29, 1.82) is 0 Å². The molecule has 0 radical (unpaired) electrons. The second-order valence-electron chi connectivity index (χ2n) is 7.60. The Hall–Kier alpha value is -1.95. The number of anilines is 1. The van der Waals surface area contributed by atoms with Crippen molar-refractivity contribution < 1.29 is 18.9 Å². The number of benzene rings is 1. The number of hydrogen-bond acceptors (Lipinski definition) is 2. The number of likely N-dealkylation sites (tertiary alicyclic amines) is 1. The molecular weight excluding hydrogens is 333 g/mol. The third-order valence-electron chi connectivity index (χ3n) is 5.53. The maximum absolute atomic E-state index is 13.2. The lowest BCUT2D eigenvalue weighted by Gasteiger charge is -2.31. The minimum absolute atomic E-state index is 0.102. The zero-order valence-corrected chi connectivity index (χ0v) is 15.2. The van der Waals surface area contributed by atoms with Crippen LogP contribution in [0.4, 0.5) is 10.1 Å². The maximum Gasteiger partial charge on any atom is 0.279 e. The third-order valence-corrected chi connectivity index (χ3v) is 5.53. The highest BCUT2D eigenvalue weighted by Gasteiger charge is 2.28. The number of carbonyl (C=O) groups excluding carboxylic acids is 2. The van der Waals surface area contributed by atoms with E-state index in [1.807, 2.05) is 0 Å². The molecule has 0 unspecified atom stereocenters. The van der Waals surface area contributed by atoms with Gasteiger partial charge in [-0.2, -0.15) is 0 Å². The summed E-state index contributed by atoms with van der Waals surface area (Å²) in [6, 6.07) is 6.18. The highest BCUT2D eigenvalue weighted by Crippen LogP contribution is 2.24. The van der Waals surface area contributed by atoms with Crippen molar-refractivity contribution in [2.75, 3.05) is 25.0 Å². The molecule has 26 heavy (non-hydrogen) atoms. The minimum atomic E-state index is -0.357. The van der Waals surface area contributed by atoms with E-state index in [2.05, 4.69) is 10.6 Å². The standard InChI is InChI=1S/C20H28FN3O2/c21-16-7-4-8-18(13-16)22-19(25)14-24-11-9-17(10-12-24)23-20(26)15-5-2-1-3-6-15/h4,7-8,13,15,17H,1-3,5-6,9-12,14H2,(H,22,25)(H,23,26)/p+1. The maximum atomic E-state index is 13.2. The number of rotatable bonds is 5. The molecule has 2 fully saturated rings. The van der Waals surface area contributed by atoms with Crippen LogP contribution in [0.1, 0.15) is 44.9 Å². The van der Waals surface area contributed by atoms with Crippen LogP contribution >= 0.6 is 0 Å². The summed E-state index contributed by atoms with van der Waals surface area (Å²) in [6.45, 7) is 2.11. The summed E-state index contributed by atoms with van der Waals surface area (Å²) in [4.78, 5) is 25.7. The molecule has 2 amide bonds. The molecule has 5 nitrogen and oxygen atoms in total. The largest absolute Gasteiger partial charge is 0.353 e. The molecule has 1 saturated carbocycles. The Balaban J connectivity index is 1.38. The quantitative estimate of drug-likeness (QED) is 0.744. The van der Waals surface area contributed by atoms with E-state index in [4.69, 9.17) is 0 Å². The Morgan fingerprint density at radius 2 is 1.81 bits per heavy atom. The fraction of sp³-hybridized carbons (Fsp3) is 0.600. The van der Waals surface area contributed by atoms with Crippen molar-refractivity contribution >= 4 is 17.5 Å². The van der Waals surface area contributed by atoms with Crippen LogP contribution in [0, 0.1) is 11.7 Å². The fourth-order valence-electron chi connectivity index (χ4n) is 4.03. The number of nitrogens with one attached hydrogen (secondary N) is 3. The molecule has 1 aliphatic carbocycles. The molecule has 0 spiro atoms. The molecule has 0 atom stereocenters. The Morgan fingerprint density at radius 1 is 1.08 bits per heavy atom. The van der Waals surface area contributed by atoms with Crippen molar-refractivity contribution in [2.45, 2.75) is 51.0 Å². The fourth-order valence-corrected chi connectivity index (χ4v) is 4.03. The molecule has 0 aromatic heterocycles. The lowest BCUT2D eigenvalue weighted by molar-refractivity contribution is -0.897. The molecule has 0 bridgehead atoms. The van der Waals surface area contributed by atoms with E-state index in [1.54, 1.807) is 12.1 Å². The molecule has 1 aliphatic heterocycles. The molecule has 1 saturated heterocycles. The third kappa shape index (κ3) is 5.53. The topological polar surface area (TPSA) is 62.6 Å². The number of carbonyl (C=O) groups is 2. The van der Waals surface area contributed by atoms with Gasteiger partial charge in [0.15, 0.2) is 6.54 Å². The van der Waals surface area contributed by atoms with E-state index in [1.165, 1.54) is 36.3 Å². The summed E-state index contributed by atoms with van der Waals surface area (Å²) < 4.78 is 13.2. The molecule has 2 aliphatic rings. The van der Waals surface area contributed by atoms with Crippen LogP contribution in [0.5, 0.6) is 0 Å². The van der Waals surface area contributed by atoms with Gasteiger partial charge in [0.1, 0.15) is 5.82 Å². The van der Waals surface area contributed by atoms with Gasteiger partial charge in [-0.3, -0.25) is 9.59 Å². The van der Waals surface area contributed by atoms with Crippen LogP contribution in [0.25, 0.3) is 0 Å². The predicted octanol–water partition coefficient (Wildman–Crippen LogP) is 1.51. The van der Waals surface area contributed by atoms with Gasteiger partial charge in [0.2, 0.25) is 5.91 Å². The Labute approximate surface area is 154 Å². The number of piperidine rings is 1. The molecule has 1 aromatic carbocycles. The van der Waals surface area contributed by atoms with Gasteiger partial charge < -0.3 is 15.5 Å². The van der Waals surface area contributed by atoms with Crippen LogP contribution in [0.3, 0.4) is 0 Å². The van der Waals surface area contributed by atoms with E-state index in [0.717, 1.165) is 38.8 Å². The van der Waals surface area contributed by atoms with Gasteiger partial charge in [-0.15, -0.1) is 0 Å². The number of hydrogen-bond donors (Lipinski definition) is 3. The molecule has 3 N–H and O–H groups in total. The average molecular weight is 362 g/mol. The first-order valence-electron chi connectivity index (χ1n) is 9.79. The highest BCUT2D eigenvalue weighted by molar-refractivity contribution is 5.91. The summed E-state index contributed by atoms with van der Waals surface area (Å²) in [5.74, 6) is -0.0341. The van der Waals surface area contributed by atoms with Crippen molar-refractivity contribution in [3.8, 4) is 0 Å². The molecule has 1 aromatic rings. The summed E-state index contributed by atoms with van der Waals surface area (Å²) >= 11 is 0. The Bertz CT molecular complexity index is 623. The van der Waals surface area contributed by atoms with Gasteiger partial charge in [-0.25, -0.2) is 4.39 Å². The van der Waals surface area contributed by atoms with Crippen molar-refractivity contribution in [2.24, 2.45) is 5.92 Å². The Kier molecular flexibility index (Phi) is 6.61. The van der Waals surface area contributed by atoms with E-state index >= 15 is 0 Å². The minimum Gasteiger partial charge on any atom is -0.353 e. The molecular formula is C20H29FN3O2+. The van der Waals surface area contributed by atoms with Gasteiger partial charge in [-0.1, -0.05) is 25.3 Å². The van der Waals surface area contributed by atoms with Crippen LogP contribution in [-0.2, 0) is 9.59 Å². The van der Waals surface area contributed by atoms with Crippen LogP contribution < -0.4 is 15.5 Å². The highest BCUT2D eigenvalue weighted by atomic mass is 19.1. The molecule has 142 valence electrons. The first-order valence-corrected chi connectivity index (χ1v) is 9.79. The van der Waals surface area contributed by atoms with Crippen molar-refractivity contribution in [3.63, 3.8) is 0 Å². The van der Waals surface area contributed by atoms with Crippen molar-refractivity contribution in [1.82, 2.24) is 5.32 Å². The summed E-state index contributed by atoms with van der Waals surface area (Å²) in [5.41, 5.74) is 0.490. The number of quaternary nitrogens is 1. The lowest BCUT2D eigenvalue weighted by atomic mass is 9.88. The molecule has 3 rings (SSSR count). The normalized spacial score (nSPS) is 24.0. The zero-order chi connectivity index (χ0) is 18.4. The van der Waals surface area contributed by atoms with Crippen LogP contribution in [0.2, 0.25) is 0 Å². The van der Waals surface area contributed by atoms with E-state index < -0.39 is 0 Å². The molecule has 1 heterocycles. The summed E-state index contributed by atoms with van der Waals surface area (Å²) in [7, 11) is 0. The zero-order valence-electron chi connectivity index (χ0n) is 15.2. The molecule has 6 heteroatoms. The summed E-state index contributed by atoms with van der Waals surface area (Å²) in [6.07, 6.45) is 7.44. The van der Waals surface area contributed by atoms with E-state index in [9.17, 15) is 14.0 Å². The first-order chi connectivity index (χ1) is 12.6. The lowest BCUT2D eigenvalue weighted by Crippen LogP contribution is -3.14. The SMILES string of the molecule is O=C(C[NH+]1CCC(NC(=O)C2CCCCC2)CC1)Nc1cccc(F)c1.